The second-order valence-corrected chi connectivity index (χ2v) is 8.33. The molecule has 0 aromatic heterocycles. The summed E-state index contributed by atoms with van der Waals surface area (Å²) in [4.78, 5) is 28.5. The number of benzene rings is 3. The summed E-state index contributed by atoms with van der Waals surface area (Å²) in [6.07, 6.45) is 0.428. The molecule has 1 heterocycles. The van der Waals surface area contributed by atoms with E-state index in [-0.39, 0.29) is 11.8 Å². The first-order chi connectivity index (χ1) is 14.4. The van der Waals surface area contributed by atoms with Crippen LogP contribution in [0.25, 0.3) is 0 Å². The number of hydrogen-bond acceptors (Lipinski definition) is 2. The second kappa shape index (κ2) is 7.96. The lowest BCUT2D eigenvalue weighted by Crippen LogP contribution is -2.63. The normalized spacial score (nSPS) is 18.1. The van der Waals surface area contributed by atoms with Crippen molar-refractivity contribution in [1.29, 1.82) is 0 Å². The fraction of sp³-hybridized carbons (Fsp3) is 0.200. The lowest BCUT2D eigenvalue weighted by Gasteiger charge is -2.44. The van der Waals surface area contributed by atoms with Crippen LogP contribution in [0, 0.1) is 6.92 Å². The summed E-state index contributed by atoms with van der Waals surface area (Å²) in [6, 6.07) is 22.5. The van der Waals surface area contributed by atoms with Crippen LogP contribution in [0.4, 0.5) is 5.69 Å². The Kier molecular flexibility index (Phi) is 5.35. The van der Waals surface area contributed by atoms with E-state index in [9.17, 15) is 9.59 Å². The zero-order valence-corrected chi connectivity index (χ0v) is 17.7. The van der Waals surface area contributed by atoms with Gasteiger partial charge in [0.2, 0.25) is 5.91 Å². The third kappa shape index (κ3) is 3.71. The maximum Gasteiger partial charge on any atom is 0.259 e. The minimum atomic E-state index is -1.07. The molecule has 0 bridgehead atoms. The Hall–Kier alpha value is -3.11. The molecule has 0 saturated carbocycles. The predicted molar refractivity (Wildman–Crippen MR) is 120 cm³/mol. The Morgan fingerprint density at radius 2 is 1.70 bits per heavy atom. The molecule has 0 radical (unpaired) electrons. The van der Waals surface area contributed by atoms with Crippen molar-refractivity contribution in [3.8, 4) is 0 Å². The first kappa shape index (κ1) is 20.2. The van der Waals surface area contributed by atoms with Crippen molar-refractivity contribution < 1.29 is 9.59 Å². The molecule has 1 N–H and O–H groups in total. The number of aryl methyl sites for hydroxylation is 1. The largest absolute Gasteiger partial charge is 0.350 e. The minimum Gasteiger partial charge on any atom is -0.350 e. The highest BCUT2D eigenvalue weighted by Gasteiger charge is 2.47. The van der Waals surface area contributed by atoms with Crippen molar-refractivity contribution >= 4 is 29.1 Å². The number of carbonyl (C=O) groups excluding carboxylic acids is 2. The Morgan fingerprint density at radius 1 is 1.03 bits per heavy atom. The van der Waals surface area contributed by atoms with E-state index in [0.29, 0.717) is 29.2 Å². The first-order valence-corrected chi connectivity index (χ1v) is 10.3. The molecule has 3 aromatic rings. The average Bonchev–Trinajstić information content (AvgIpc) is 2.74. The highest BCUT2D eigenvalue weighted by molar-refractivity contribution is 6.30. The van der Waals surface area contributed by atoms with Crippen LogP contribution in [0.1, 0.15) is 34.0 Å². The quantitative estimate of drug-likeness (QED) is 0.653. The standard InChI is InChI=1S/C25H23ClN2O2/c1-17-7-9-18(10-8-17)16-27-24(30)25(2)15-19-5-3-4-6-22(19)23(29)28(25)21-13-11-20(26)12-14-21/h3-14H,15-16H2,1-2H3,(H,27,30)/t25-/m1/s1. The molecule has 5 heteroatoms. The average molecular weight is 419 g/mol. The van der Waals surface area contributed by atoms with Gasteiger partial charge in [0.15, 0.2) is 0 Å². The Bertz CT molecular complexity index is 1090. The smallest absolute Gasteiger partial charge is 0.259 e. The monoisotopic (exact) mass is 418 g/mol. The van der Waals surface area contributed by atoms with E-state index in [4.69, 9.17) is 11.6 Å². The lowest BCUT2D eigenvalue weighted by atomic mass is 9.82. The van der Waals surface area contributed by atoms with Crippen LogP contribution in [-0.2, 0) is 17.8 Å². The number of halogens is 1. The van der Waals surface area contributed by atoms with E-state index in [1.54, 1.807) is 29.2 Å². The molecule has 2 amide bonds. The van der Waals surface area contributed by atoms with Gasteiger partial charge in [-0.05, 0) is 55.3 Å². The summed E-state index contributed by atoms with van der Waals surface area (Å²) < 4.78 is 0. The van der Waals surface area contributed by atoms with Crippen LogP contribution in [0.3, 0.4) is 0 Å². The summed E-state index contributed by atoms with van der Waals surface area (Å²) >= 11 is 6.05. The fourth-order valence-electron chi connectivity index (χ4n) is 3.93. The van der Waals surface area contributed by atoms with Crippen LogP contribution < -0.4 is 10.2 Å². The van der Waals surface area contributed by atoms with Crippen molar-refractivity contribution in [3.05, 3.63) is 100 Å². The zero-order valence-electron chi connectivity index (χ0n) is 17.0. The lowest BCUT2D eigenvalue weighted by molar-refractivity contribution is -0.126. The predicted octanol–water partition coefficient (Wildman–Crippen LogP) is 4.93. The van der Waals surface area contributed by atoms with Crippen molar-refractivity contribution in [1.82, 2.24) is 5.32 Å². The van der Waals surface area contributed by atoms with Gasteiger partial charge in [-0.15, -0.1) is 0 Å². The first-order valence-electron chi connectivity index (χ1n) is 9.90. The fourth-order valence-corrected chi connectivity index (χ4v) is 4.06. The number of carbonyl (C=O) groups is 2. The van der Waals surface area contributed by atoms with Crippen molar-refractivity contribution in [2.24, 2.45) is 0 Å². The number of amides is 2. The summed E-state index contributed by atoms with van der Waals surface area (Å²) in [5.74, 6) is -0.381. The van der Waals surface area contributed by atoms with Gasteiger partial charge >= 0.3 is 0 Å². The number of anilines is 1. The molecule has 0 saturated heterocycles. The molecular weight excluding hydrogens is 396 g/mol. The third-order valence-electron chi connectivity index (χ3n) is 5.63. The highest BCUT2D eigenvalue weighted by atomic mass is 35.5. The molecule has 30 heavy (non-hydrogen) atoms. The topological polar surface area (TPSA) is 49.4 Å². The molecule has 152 valence electrons. The van der Waals surface area contributed by atoms with Gasteiger partial charge in [-0.3, -0.25) is 14.5 Å². The number of hydrogen-bond donors (Lipinski definition) is 1. The van der Waals surface area contributed by atoms with E-state index < -0.39 is 5.54 Å². The van der Waals surface area contributed by atoms with Gasteiger partial charge in [-0.1, -0.05) is 59.6 Å². The highest BCUT2D eigenvalue weighted by Crippen LogP contribution is 2.36. The number of nitrogens with one attached hydrogen (secondary N) is 1. The number of nitrogens with zero attached hydrogens (tertiary/aromatic N) is 1. The van der Waals surface area contributed by atoms with Gasteiger partial charge < -0.3 is 5.32 Å². The van der Waals surface area contributed by atoms with Crippen LogP contribution >= 0.6 is 11.6 Å². The van der Waals surface area contributed by atoms with Crippen LogP contribution in [0.5, 0.6) is 0 Å². The molecule has 1 aliphatic rings. The Balaban J connectivity index is 1.69. The van der Waals surface area contributed by atoms with Crippen LogP contribution in [0.2, 0.25) is 5.02 Å². The SMILES string of the molecule is Cc1ccc(CNC(=O)[C@@]2(C)Cc3ccccc3C(=O)N2c2ccc(Cl)cc2)cc1. The Labute approximate surface area is 181 Å². The third-order valence-corrected chi connectivity index (χ3v) is 5.88. The van der Waals surface area contributed by atoms with Gasteiger partial charge in [0.1, 0.15) is 5.54 Å². The van der Waals surface area contributed by atoms with E-state index in [1.165, 1.54) is 5.56 Å². The van der Waals surface area contributed by atoms with Crippen LogP contribution in [0.15, 0.2) is 72.8 Å². The van der Waals surface area contributed by atoms with Crippen molar-refractivity contribution in [2.75, 3.05) is 4.90 Å². The summed E-state index contributed by atoms with van der Waals surface area (Å²) in [5, 5.41) is 3.61. The maximum atomic E-state index is 13.4. The molecule has 0 unspecified atom stereocenters. The summed E-state index contributed by atoms with van der Waals surface area (Å²) in [7, 11) is 0. The molecule has 3 aromatic carbocycles. The molecule has 0 spiro atoms. The number of fused-ring (bicyclic) bond motifs is 1. The van der Waals surface area contributed by atoms with E-state index in [1.807, 2.05) is 62.4 Å². The molecular formula is C25H23ClN2O2. The maximum absolute atomic E-state index is 13.4. The second-order valence-electron chi connectivity index (χ2n) is 7.89. The molecule has 1 aliphatic heterocycles. The van der Waals surface area contributed by atoms with E-state index >= 15 is 0 Å². The van der Waals surface area contributed by atoms with Crippen molar-refractivity contribution in [3.63, 3.8) is 0 Å². The molecule has 1 atom stereocenters. The molecule has 4 nitrogen and oxygen atoms in total. The zero-order chi connectivity index (χ0) is 21.3. The Morgan fingerprint density at radius 3 is 2.40 bits per heavy atom. The van der Waals surface area contributed by atoms with Gasteiger partial charge in [0.25, 0.3) is 5.91 Å². The molecule has 4 rings (SSSR count). The molecule has 0 fully saturated rings. The summed E-state index contributed by atoms with van der Waals surface area (Å²) in [5.41, 5.74) is 3.26. The van der Waals surface area contributed by atoms with E-state index in [0.717, 1.165) is 11.1 Å². The summed E-state index contributed by atoms with van der Waals surface area (Å²) in [6.45, 7) is 4.25. The van der Waals surface area contributed by atoms with Crippen LogP contribution in [-0.4, -0.2) is 17.4 Å². The molecule has 0 aliphatic carbocycles. The van der Waals surface area contributed by atoms with Gasteiger partial charge in [-0.2, -0.15) is 0 Å². The minimum absolute atomic E-state index is 0.188. The van der Waals surface area contributed by atoms with Gasteiger partial charge in [-0.25, -0.2) is 0 Å². The van der Waals surface area contributed by atoms with Crippen molar-refractivity contribution in [2.45, 2.75) is 32.4 Å². The van der Waals surface area contributed by atoms with Gasteiger partial charge in [0.05, 0.1) is 0 Å². The number of rotatable bonds is 4. The van der Waals surface area contributed by atoms with Gasteiger partial charge in [0, 0.05) is 29.2 Å². The van der Waals surface area contributed by atoms with E-state index in [2.05, 4.69) is 5.32 Å².